The molecule has 1 rings (SSSR count). The predicted octanol–water partition coefficient (Wildman–Crippen LogP) is 1.90. The van der Waals surface area contributed by atoms with E-state index in [1.165, 1.54) is 7.11 Å². The van der Waals surface area contributed by atoms with Gasteiger partial charge in [0.15, 0.2) is 0 Å². The second kappa shape index (κ2) is 3.59. The fourth-order valence-electron chi connectivity index (χ4n) is 0.905. The van der Waals surface area contributed by atoms with E-state index in [1.54, 1.807) is 18.2 Å². The van der Waals surface area contributed by atoms with Crippen molar-refractivity contribution in [2.45, 2.75) is 0 Å². The lowest BCUT2D eigenvalue weighted by atomic mass is 10.1. The molecule has 0 N–H and O–H groups in total. The van der Waals surface area contributed by atoms with Crippen molar-refractivity contribution >= 4 is 0 Å². The Morgan fingerprint density at radius 3 is 2.75 bits per heavy atom. The number of nitrogens with zero attached hydrogens (tertiary/aromatic N) is 1. The number of hydrogen-bond donors (Lipinski definition) is 0. The van der Waals surface area contributed by atoms with Crippen LogP contribution in [-0.4, -0.2) is 7.11 Å². The van der Waals surface area contributed by atoms with Crippen molar-refractivity contribution in [3.05, 3.63) is 42.0 Å². The molecule has 0 saturated heterocycles. The minimum Gasteiger partial charge on any atom is -0.495 e. The molecule has 59 valence electrons. The number of benzene rings is 1. The van der Waals surface area contributed by atoms with Crippen molar-refractivity contribution in [3.63, 3.8) is 0 Å². The molecule has 2 nitrogen and oxygen atoms in total. The van der Waals surface area contributed by atoms with Crippen LogP contribution in [0.4, 0.5) is 0 Å². The van der Waals surface area contributed by atoms with E-state index >= 15 is 0 Å². The Bertz CT molecular complexity index is 336. The van der Waals surface area contributed by atoms with E-state index < -0.39 is 0 Å². The van der Waals surface area contributed by atoms with E-state index in [0.717, 1.165) is 5.56 Å². The first kappa shape index (κ1) is 8.35. The van der Waals surface area contributed by atoms with Gasteiger partial charge in [0, 0.05) is 0 Å². The topological polar surface area (TPSA) is 33.0 Å². The van der Waals surface area contributed by atoms with Crippen LogP contribution in [0, 0.1) is 17.4 Å². The van der Waals surface area contributed by atoms with Gasteiger partial charge in [-0.15, -0.1) is 0 Å². The van der Waals surface area contributed by atoms with Gasteiger partial charge in [-0.05, 0) is 23.8 Å². The summed E-state index contributed by atoms with van der Waals surface area (Å²) >= 11 is 0. The molecule has 0 saturated carbocycles. The van der Waals surface area contributed by atoms with Crippen LogP contribution in [0.3, 0.4) is 0 Å². The van der Waals surface area contributed by atoms with Gasteiger partial charge in [-0.3, -0.25) is 0 Å². The lowest BCUT2D eigenvalue weighted by molar-refractivity contribution is 0.413. The molecular weight excluding hydrogens is 150 g/mol. The van der Waals surface area contributed by atoms with Crippen LogP contribution >= 0.6 is 0 Å². The second-order valence-electron chi connectivity index (χ2n) is 2.20. The number of hydrogen-bond acceptors (Lipinski definition) is 2. The van der Waals surface area contributed by atoms with Gasteiger partial charge in [0.1, 0.15) is 11.8 Å². The minimum atomic E-state index is 0.506. The summed E-state index contributed by atoms with van der Waals surface area (Å²) in [5, 5.41) is 8.69. The third kappa shape index (κ3) is 1.46. The summed E-state index contributed by atoms with van der Waals surface area (Å²) in [6.45, 7) is 3.49. The molecule has 1 radical (unpaired) electrons. The predicted molar refractivity (Wildman–Crippen MR) is 45.7 cm³/mol. The van der Waals surface area contributed by atoms with Crippen molar-refractivity contribution < 1.29 is 4.74 Å². The zero-order valence-electron chi connectivity index (χ0n) is 6.79. The van der Waals surface area contributed by atoms with Crippen molar-refractivity contribution in [2.75, 3.05) is 7.11 Å². The largest absolute Gasteiger partial charge is 0.495 e. The van der Waals surface area contributed by atoms with Gasteiger partial charge in [0.25, 0.3) is 0 Å². The van der Waals surface area contributed by atoms with Crippen LogP contribution in [0.25, 0.3) is 0 Å². The Kier molecular flexibility index (Phi) is 2.49. The summed E-state index contributed by atoms with van der Waals surface area (Å²) in [4.78, 5) is 0. The van der Waals surface area contributed by atoms with Gasteiger partial charge in [0.2, 0.25) is 0 Å². The van der Waals surface area contributed by atoms with Crippen LogP contribution in [0.15, 0.2) is 24.8 Å². The molecule has 0 atom stereocenters. The van der Waals surface area contributed by atoms with E-state index in [2.05, 4.69) is 12.7 Å². The maximum absolute atomic E-state index is 8.69. The molecule has 0 aliphatic heterocycles. The average Bonchev–Trinajstić information content (AvgIpc) is 2.16. The first-order valence-corrected chi connectivity index (χ1v) is 3.43. The quantitative estimate of drug-likeness (QED) is 0.658. The monoisotopic (exact) mass is 158 g/mol. The zero-order valence-corrected chi connectivity index (χ0v) is 6.79. The van der Waals surface area contributed by atoms with E-state index in [1.807, 2.05) is 6.07 Å². The Morgan fingerprint density at radius 2 is 2.25 bits per heavy atom. The molecule has 2 heteroatoms. The second-order valence-corrected chi connectivity index (χ2v) is 2.20. The van der Waals surface area contributed by atoms with Crippen molar-refractivity contribution in [1.82, 2.24) is 0 Å². The fourth-order valence-corrected chi connectivity index (χ4v) is 0.905. The molecule has 0 bridgehead atoms. The summed E-state index contributed by atoms with van der Waals surface area (Å²) in [6.07, 6.45) is 2.70. The summed E-state index contributed by atoms with van der Waals surface area (Å²) in [5.74, 6) is 0.580. The molecule has 12 heavy (non-hydrogen) atoms. The maximum Gasteiger partial charge on any atom is 0.136 e. The lowest BCUT2D eigenvalue weighted by Gasteiger charge is -2.01. The smallest absolute Gasteiger partial charge is 0.136 e. The first-order chi connectivity index (χ1) is 5.81. The molecule has 0 fully saturated rings. The van der Waals surface area contributed by atoms with Gasteiger partial charge in [0.05, 0.1) is 12.7 Å². The molecule has 0 spiro atoms. The van der Waals surface area contributed by atoms with Crippen LogP contribution in [0.2, 0.25) is 0 Å². The summed E-state index contributed by atoms with van der Waals surface area (Å²) in [5.41, 5.74) is 1.30. The van der Waals surface area contributed by atoms with Gasteiger partial charge in [-0.25, -0.2) is 0 Å². The van der Waals surface area contributed by atoms with Crippen molar-refractivity contribution in [1.29, 1.82) is 5.26 Å². The average molecular weight is 158 g/mol. The van der Waals surface area contributed by atoms with Crippen molar-refractivity contribution in [3.8, 4) is 11.8 Å². The third-order valence-electron chi connectivity index (χ3n) is 1.52. The first-order valence-electron chi connectivity index (χ1n) is 3.43. The molecule has 0 amide bonds. The third-order valence-corrected chi connectivity index (χ3v) is 1.52. The normalized spacial score (nSPS) is 8.67. The van der Waals surface area contributed by atoms with Gasteiger partial charge < -0.3 is 4.74 Å². The van der Waals surface area contributed by atoms with E-state index in [4.69, 9.17) is 10.00 Å². The van der Waals surface area contributed by atoms with E-state index in [9.17, 15) is 0 Å². The Balaban J connectivity index is 3.21. The maximum atomic E-state index is 8.69. The molecule has 0 unspecified atom stereocenters. The van der Waals surface area contributed by atoms with Gasteiger partial charge >= 0.3 is 0 Å². The Hall–Kier alpha value is -1.75. The number of rotatable bonds is 2. The van der Waals surface area contributed by atoms with Crippen LogP contribution < -0.4 is 4.74 Å². The van der Waals surface area contributed by atoms with Crippen LogP contribution in [-0.2, 0) is 0 Å². The summed E-state index contributed by atoms with van der Waals surface area (Å²) in [7, 11) is 1.54. The minimum absolute atomic E-state index is 0.506. The molecular formula is C10H8NO. The summed E-state index contributed by atoms with van der Waals surface area (Å²) in [6, 6.07) is 7.24. The molecule has 1 aromatic rings. The van der Waals surface area contributed by atoms with Crippen molar-refractivity contribution in [2.24, 2.45) is 0 Å². The highest BCUT2D eigenvalue weighted by Crippen LogP contribution is 2.18. The zero-order chi connectivity index (χ0) is 8.97. The van der Waals surface area contributed by atoms with Gasteiger partial charge in [-0.1, -0.05) is 12.6 Å². The van der Waals surface area contributed by atoms with Gasteiger partial charge in [-0.2, -0.15) is 5.26 Å². The highest BCUT2D eigenvalue weighted by atomic mass is 16.5. The van der Waals surface area contributed by atoms with E-state index in [0.29, 0.717) is 11.3 Å². The Morgan fingerprint density at radius 1 is 1.50 bits per heavy atom. The molecule has 0 heterocycles. The molecule has 0 aliphatic rings. The molecule has 0 aliphatic carbocycles. The standard InChI is InChI=1S/C10H8NO/c1-3-8-4-5-10(12-2)9(6-8)7-11/h4-6H,1H2,2H3. The Labute approximate surface area is 71.7 Å². The summed E-state index contributed by atoms with van der Waals surface area (Å²) < 4.78 is 4.97. The van der Waals surface area contributed by atoms with Crippen LogP contribution in [0.1, 0.15) is 11.1 Å². The SMILES string of the molecule is C=[C]c1ccc(OC)c(C#N)c1. The fraction of sp³-hybridized carbons (Fsp3) is 0.100. The highest BCUT2D eigenvalue weighted by Gasteiger charge is 2.00. The highest BCUT2D eigenvalue weighted by molar-refractivity contribution is 5.46. The number of ether oxygens (including phenoxy) is 1. The molecule has 0 aromatic heterocycles. The lowest BCUT2D eigenvalue weighted by Crippen LogP contribution is -1.88. The number of nitriles is 1. The molecule has 1 aromatic carbocycles. The number of methoxy groups -OCH3 is 1. The van der Waals surface area contributed by atoms with E-state index in [-0.39, 0.29) is 0 Å². The van der Waals surface area contributed by atoms with Crippen LogP contribution in [0.5, 0.6) is 5.75 Å².